The summed E-state index contributed by atoms with van der Waals surface area (Å²) in [6.45, 7) is 0.222. The Morgan fingerprint density at radius 1 is 1.07 bits per heavy atom. The second kappa shape index (κ2) is 9.09. The van der Waals surface area contributed by atoms with E-state index in [-0.39, 0.29) is 39.5 Å². The number of amides is 1. The second-order valence-corrected chi connectivity index (χ2v) is 5.65. The van der Waals surface area contributed by atoms with Crippen LogP contribution in [0.5, 0.6) is 23.0 Å². The third-order valence-electron chi connectivity index (χ3n) is 3.29. The maximum Gasteiger partial charge on any atom is 0.343 e. The Labute approximate surface area is 159 Å². The molecular weight excluding hydrogens is 381 g/mol. The Kier molecular flexibility index (Phi) is 6.84. The van der Waals surface area contributed by atoms with Crippen molar-refractivity contribution < 1.29 is 32.9 Å². The first kappa shape index (κ1) is 20.3. The van der Waals surface area contributed by atoms with Gasteiger partial charge in [0.2, 0.25) is 18.5 Å². The smallest absolute Gasteiger partial charge is 0.343 e. The van der Waals surface area contributed by atoms with Crippen LogP contribution >= 0.6 is 11.6 Å². The third-order valence-corrected chi connectivity index (χ3v) is 3.51. The van der Waals surface area contributed by atoms with Gasteiger partial charge in [-0.05, 0) is 18.2 Å². The molecule has 0 heterocycles. The van der Waals surface area contributed by atoms with Crippen LogP contribution in [0.2, 0.25) is 5.02 Å². The van der Waals surface area contributed by atoms with Gasteiger partial charge in [0, 0.05) is 29.8 Å². The molecule has 0 aliphatic rings. The maximum atomic E-state index is 12.6. The van der Waals surface area contributed by atoms with Crippen molar-refractivity contribution in [1.82, 2.24) is 0 Å². The van der Waals surface area contributed by atoms with E-state index >= 15 is 0 Å². The predicted octanol–water partition coefficient (Wildman–Crippen LogP) is 3.84. The number of carbonyl (C=O) groups is 2. The first-order chi connectivity index (χ1) is 12.9. The first-order valence-electron chi connectivity index (χ1n) is 7.63. The lowest BCUT2D eigenvalue weighted by Crippen LogP contribution is -2.11. The number of rotatable bonds is 7. The molecule has 0 unspecified atom stereocenters. The molecule has 0 saturated heterocycles. The summed E-state index contributed by atoms with van der Waals surface area (Å²) >= 11 is 5.98. The minimum absolute atomic E-state index is 0.00665. The Morgan fingerprint density at radius 2 is 1.78 bits per heavy atom. The number of ether oxygens (including phenoxy) is 4. The van der Waals surface area contributed by atoms with Gasteiger partial charge in [-0.1, -0.05) is 11.6 Å². The van der Waals surface area contributed by atoms with E-state index < -0.39 is 12.8 Å². The molecule has 2 rings (SSSR count). The van der Waals surface area contributed by atoms with Gasteiger partial charge < -0.3 is 24.3 Å². The molecular formula is C18H17ClFNO6. The number of methoxy groups -OCH3 is 2. The van der Waals surface area contributed by atoms with Gasteiger partial charge in [0.1, 0.15) is 5.75 Å². The number of alkyl halides is 1. The molecule has 0 aliphatic heterocycles. The van der Waals surface area contributed by atoms with Crippen molar-refractivity contribution in [2.75, 3.05) is 26.4 Å². The summed E-state index contributed by atoms with van der Waals surface area (Å²) in [6.07, 6.45) is 0. The SMILES string of the molecule is COc1cc(OC(=O)c2cc(Cl)cc(NC(C)=O)c2)cc(OCF)c1OC. The highest BCUT2D eigenvalue weighted by Crippen LogP contribution is 2.41. The highest BCUT2D eigenvalue weighted by molar-refractivity contribution is 6.31. The third kappa shape index (κ3) is 5.24. The number of anilines is 1. The van der Waals surface area contributed by atoms with Gasteiger partial charge in [0.05, 0.1) is 19.8 Å². The van der Waals surface area contributed by atoms with Gasteiger partial charge in [-0.2, -0.15) is 0 Å². The van der Waals surface area contributed by atoms with E-state index in [1.165, 1.54) is 51.5 Å². The van der Waals surface area contributed by atoms with Crippen molar-refractivity contribution >= 4 is 29.2 Å². The van der Waals surface area contributed by atoms with Crippen LogP contribution in [0.25, 0.3) is 0 Å². The van der Waals surface area contributed by atoms with E-state index in [1.807, 2.05) is 0 Å². The van der Waals surface area contributed by atoms with Crippen molar-refractivity contribution in [3.05, 3.63) is 40.9 Å². The predicted molar refractivity (Wildman–Crippen MR) is 96.9 cm³/mol. The molecule has 2 aromatic rings. The quantitative estimate of drug-likeness (QED) is 0.564. The van der Waals surface area contributed by atoms with E-state index in [0.29, 0.717) is 5.69 Å². The van der Waals surface area contributed by atoms with E-state index in [9.17, 15) is 14.0 Å². The lowest BCUT2D eigenvalue weighted by Gasteiger charge is -2.14. The standard InChI is InChI=1S/C18H17ClFNO6/c1-10(22)21-13-5-11(4-12(19)6-13)18(23)27-14-7-15(24-2)17(25-3)16(8-14)26-9-20/h4-8H,9H2,1-3H3,(H,21,22). The van der Waals surface area contributed by atoms with Crippen LogP contribution in [0, 0.1) is 0 Å². The van der Waals surface area contributed by atoms with Gasteiger partial charge in [-0.3, -0.25) is 4.79 Å². The first-order valence-corrected chi connectivity index (χ1v) is 8.01. The molecule has 0 aliphatic carbocycles. The van der Waals surface area contributed by atoms with Crippen molar-refractivity contribution in [2.45, 2.75) is 6.92 Å². The maximum absolute atomic E-state index is 12.6. The summed E-state index contributed by atoms with van der Waals surface area (Å²) in [6, 6.07) is 6.97. The van der Waals surface area contributed by atoms with E-state index in [2.05, 4.69) is 5.32 Å². The molecule has 1 N–H and O–H groups in total. The van der Waals surface area contributed by atoms with Gasteiger partial charge in [-0.25, -0.2) is 9.18 Å². The molecule has 0 spiro atoms. The van der Waals surface area contributed by atoms with Crippen LogP contribution < -0.4 is 24.3 Å². The molecule has 144 valence electrons. The lowest BCUT2D eigenvalue weighted by molar-refractivity contribution is -0.114. The van der Waals surface area contributed by atoms with Gasteiger partial charge >= 0.3 is 5.97 Å². The van der Waals surface area contributed by atoms with Crippen molar-refractivity contribution in [3.8, 4) is 23.0 Å². The molecule has 0 atom stereocenters. The summed E-state index contributed by atoms with van der Waals surface area (Å²) in [5, 5.41) is 2.77. The fraction of sp³-hybridized carbons (Fsp3) is 0.222. The average molecular weight is 398 g/mol. The minimum atomic E-state index is -1.11. The summed E-state index contributed by atoms with van der Waals surface area (Å²) in [4.78, 5) is 23.6. The van der Waals surface area contributed by atoms with Crippen LogP contribution in [0.3, 0.4) is 0 Å². The number of hydrogen-bond acceptors (Lipinski definition) is 6. The molecule has 1 amide bonds. The summed E-state index contributed by atoms with van der Waals surface area (Å²) < 4.78 is 33.0. The topological polar surface area (TPSA) is 83.1 Å². The van der Waals surface area contributed by atoms with E-state index in [1.54, 1.807) is 0 Å². The number of nitrogens with one attached hydrogen (secondary N) is 1. The zero-order chi connectivity index (χ0) is 20.0. The zero-order valence-electron chi connectivity index (χ0n) is 14.8. The molecule has 2 aromatic carbocycles. The zero-order valence-corrected chi connectivity index (χ0v) is 15.6. The summed E-state index contributed by atoms with van der Waals surface area (Å²) in [5.74, 6) is -0.664. The Bertz CT molecular complexity index is 858. The number of esters is 1. The normalized spacial score (nSPS) is 10.1. The largest absolute Gasteiger partial charge is 0.493 e. The molecule has 0 radical (unpaired) electrons. The van der Waals surface area contributed by atoms with E-state index in [4.69, 9.17) is 30.5 Å². The van der Waals surface area contributed by atoms with E-state index in [0.717, 1.165) is 0 Å². The molecule has 9 heteroatoms. The molecule has 0 saturated carbocycles. The van der Waals surface area contributed by atoms with Crippen LogP contribution in [-0.2, 0) is 4.79 Å². The van der Waals surface area contributed by atoms with Crippen molar-refractivity contribution in [3.63, 3.8) is 0 Å². The average Bonchev–Trinajstić information content (AvgIpc) is 2.60. The monoisotopic (exact) mass is 397 g/mol. The van der Waals surface area contributed by atoms with Gasteiger partial charge in [0.15, 0.2) is 11.5 Å². The fourth-order valence-electron chi connectivity index (χ4n) is 2.28. The van der Waals surface area contributed by atoms with Crippen molar-refractivity contribution in [2.24, 2.45) is 0 Å². The highest BCUT2D eigenvalue weighted by atomic mass is 35.5. The van der Waals surface area contributed by atoms with Crippen LogP contribution in [-0.4, -0.2) is 33.0 Å². The molecule has 0 fully saturated rings. The van der Waals surface area contributed by atoms with Gasteiger partial charge in [0.25, 0.3) is 0 Å². The second-order valence-electron chi connectivity index (χ2n) is 5.21. The van der Waals surface area contributed by atoms with Crippen LogP contribution in [0.4, 0.5) is 10.1 Å². The lowest BCUT2D eigenvalue weighted by atomic mass is 10.2. The summed E-state index contributed by atoms with van der Waals surface area (Å²) in [7, 11) is 2.74. The molecule has 0 bridgehead atoms. The molecule has 7 nitrogen and oxygen atoms in total. The van der Waals surface area contributed by atoms with Crippen molar-refractivity contribution in [1.29, 1.82) is 0 Å². The van der Waals surface area contributed by atoms with Crippen LogP contribution in [0.1, 0.15) is 17.3 Å². The van der Waals surface area contributed by atoms with Crippen LogP contribution in [0.15, 0.2) is 30.3 Å². The summed E-state index contributed by atoms with van der Waals surface area (Å²) in [5.41, 5.74) is 0.449. The highest BCUT2D eigenvalue weighted by Gasteiger charge is 2.18. The fourth-order valence-corrected chi connectivity index (χ4v) is 2.51. The Balaban J connectivity index is 2.33. The number of carbonyl (C=O) groups excluding carboxylic acids is 2. The Morgan fingerprint density at radius 3 is 2.37 bits per heavy atom. The number of benzene rings is 2. The molecule has 27 heavy (non-hydrogen) atoms. The molecule has 0 aromatic heterocycles. The van der Waals surface area contributed by atoms with Gasteiger partial charge in [-0.15, -0.1) is 0 Å². The number of halogens is 2. The number of hydrogen-bond donors (Lipinski definition) is 1. The minimum Gasteiger partial charge on any atom is -0.493 e. The Hall–Kier alpha value is -3.00.